The Bertz CT molecular complexity index is 813. The van der Waals surface area contributed by atoms with Gasteiger partial charge in [-0.3, -0.25) is 4.99 Å². The molecular formula is C22H34IN5O. The van der Waals surface area contributed by atoms with E-state index in [4.69, 9.17) is 4.74 Å². The molecule has 0 saturated heterocycles. The third-order valence-electron chi connectivity index (χ3n) is 5.78. The van der Waals surface area contributed by atoms with Crippen LogP contribution < -0.4 is 10.6 Å². The number of nitrogens with zero attached hydrogens (tertiary/aromatic N) is 3. The van der Waals surface area contributed by atoms with Crippen molar-refractivity contribution in [3.05, 3.63) is 47.3 Å². The molecule has 1 aliphatic rings. The van der Waals surface area contributed by atoms with Crippen molar-refractivity contribution in [3.63, 3.8) is 0 Å². The minimum absolute atomic E-state index is 0. The molecule has 29 heavy (non-hydrogen) atoms. The van der Waals surface area contributed by atoms with Gasteiger partial charge in [0, 0.05) is 39.5 Å². The third-order valence-corrected chi connectivity index (χ3v) is 5.78. The highest BCUT2D eigenvalue weighted by Gasteiger charge is 2.36. The van der Waals surface area contributed by atoms with E-state index in [1.54, 1.807) is 7.11 Å². The summed E-state index contributed by atoms with van der Waals surface area (Å²) in [5.74, 6) is 0.840. The summed E-state index contributed by atoms with van der Waals surface area (Å²) >= 11 is 0. The highest BCUT2D eigenvalue weighted by Crippen LogP contribution is 2.43. The van der Waals surface area contributed by atoms with Gasteiger partial charge in [0.1, 0.15) is 0 Å². The SMILES string of the molecule is CN=C(NCc1ccccc1-n1nc(C)cc1C)NCC1(CCOC)CCC1.I. The second-order valence-electron chi connectivity index (χ2n) is 7.84. The minimum Gasteiger partial charge on any atom is -0.385 e. The average molecular weight is 511 g/mol. The highest BCUT2D eigenvalue weighted by molar-refractivity contribution is 14.0. The molecule has 0 atom stereocenters. The van der Waals surface area contributed by atoms with Crippen LogP contribution in [0.2, 0.25) is 0 Å². The number of hydrogen-bond donors (Lipinski definition) is 2. The standard InChI is InChI=1S/C22H33N5O.HI/c1-17-14-18(2)27(26-17)20-9-6-5-8-19(20)15-24-21(23-3)25-16-22(10-7-11-22)12-13-28-4;/h5-6,8-9,14H,7,10-13,15-16H2,1-4H3,(H2,23,24,25);1H. The fourth-order valence-electron chi connectivity index (χ4n) is 3.92. The summed E-state index contributed by atoms with van der Waals surface area (Å²) in [5.41, 5.74) is 4.81. The zero-order chi connectivity index (χ0) is 20.0. The lowest BCUT2D eigenvalue weighted by molar-refractivity contribution is 0.0732. The number of halogens is 1. The zero-order valence-electron chi connectivity index (χ0n) is 18.0. The van der Waals surface area contributed by atoms with Crippen molar-refractivity contribution < 1.29 is 4.74 Å². The number of hydrogen-bond acceptors (Lipinski definition) is 3. The van der Waals surface area contributed by atoms with Gasteiger partial charge in [0.05, 0.1) is 11.4 Å². The van der Waals surface area contributed by atoms with Gasteiger partial charge in [-0.15, -0.1) is 24.0 Å². The number of aliphatic imine (C=N–C) groups is 1. The predicted octanol–water partition coefficient (Wildman–Crippen LogP) is 3.98. The molecule has 1 fully saturated rings. The second-order valence-corrected chi connectivity index (χ2v) is 7.84. The van der Waals surface area contributed by atoms with Crippen LogP contribution in [0.1, 0.15) is 42.6 Å². The number of aryl methyl sites for hydroxylation is 2. The lowest BCUT2D eigenvalue weighted by Gasteiger charge is -2.42. The molecular weight excluding hydrogens is 477 g/mol. The maximum absolute atomic E-state index is 5.30. The number of ether oxygens (including phenoxy) is 1. The molecule has 0 amide bonds. The normalized spacial score (nSPS) is 15.4. The molecule has 2 aromatic rings. The topological polar surface area (TPSA) is 63.5 Å². The van der Waals surface area contributed by atoms with Crippen molar-refractivity contribution in [1.29, 1.82) is 0 Å². The van der Waals surface area contributed by atoms with Gasteiger partial charge in [0.25, 0.3) is 0 Å². The summed E-state index contributed by atoms with van der Waals surface area (Å²) in [6.45, 7) is 6.57. The van der Waals surface area contributed by atoms with E-state index in [1.165, 1.54) is 24.8 Å². The molecule has 1 aromatic heterocycles. The number of rotatable bonds is 8. The largest absolute Gasteiger partial charge is 0.385 e. The van der Waals surface area contributed by atoms with Gasteiger partial charge >= 0.3 is 0 Å². The van der Waals surface area contributed by atoms with Crippen LogP contribution in [-0.4, -0.2) is 43.0 Å². The van der Waals surface area contributed by atoms with Crippen molar-refractivity contribution in [1.82, 2.24) is 20.4 Å². The van der Waals surface area contributed by atoms with Gasteiger partial charge in [-0.05, 0) is 56.2 Å². The van der Waals surface area contributed by atoms with Crippen LogP contribution in [0.15, 0.2) is 35.3 Å². The van der Waals surface area contributed by atoms with Crippen LogP contribution in [0.3, 0.4) is 0 Å². The molecule has 1 aliphatic carbocycles. The van der Waals surface area contributed by atoms with Crippen LogP contribution in [0, 0.1) is 19.3 Å². The molecule has 0 spiro atoms. The first-order chi connectivity index (χ1) is 13.6. The van der Waals surface area contributed by atoms with Crippen molar-refractivity contribution in [2.45, 2.75) is 46.1 Å². The van der Waals surface area contributed by atoms with Crippen LogP contribution in [0.4, 0.5) is 0 Å². The van der Waals surface area contributed by atoms with Crippen LogP contribution in [0.5, 0.6) is 0 Å². The van der Waals surface area contributed by atoms with Gasteiger partial charge in [-0.2, -0.15) is 5.10 Å². The van der Waals surface area contributed by atoms with Crippen molar-refractivity contribution in [2.75, 3.05) is 27.3 Å². The maximum Gasteiger partial charge on any atom is 0.191 e. The molecule has 3 rings (SSSR count). The van der Waals surface area contributed by atoms with E-state index >= 15 is 0 Å². The van der Waals surface area contributed by atoms with Gasteiger partial charge in [0.2, 0.25) is 0 Å². The number of benzene rings is 1. The zero-order valence-corrected chi connectivity index (χ0v) is 20.3. The molecule has 2 N–H and O–H groups in total. The van der Waals surface area contributed by atoms with E-state index < -0.39 is 0 Å². The van der Waals surface area contributed by atoms with Gasteiger partial charge in [0.15, 0.2) is 5.96 Å². The number of aromatic nitrogens is 2. The minimum atomic E-state index is 0. The van der Waals surface area contributed by atoms with E-state index in [-0.39, 0.29) is 24.0 Å². The summed E-state index contributed by atoms with van der Waals surface area (Å²) in [7, 11) is 3.60. The lowest BCUT2D eigenvalue weighted by atomic mass is 9.67. The maximum atomic E-state index is 5.30. The Morgan fingerprint density at radius 3 is 2.59 bits per heavy atom. The molecule has 6 nitrogen and oxygen atoms in total. The summed E-state index contributed by atoms with van der Waals surface area (Å²) in [6, 6.07) is 10.5. The monoisotopic (exact) mass is 511 g/mol. The lowest BCUT2D eigenvalue weighted by Crippen LogP contribution is -2.46. The predicted molar refractivity (Wildman–Crippen MR) is 129 cm³/mol. The number of guanidine groups is 1. The Kier molecular flexibility index (Phi) is 8.95. The van der Waals surface area contributed by atoms with E-state index in [1.807, 2.05) is 18.7 Å². The van der Waals surface area contributed by atoms with E-state index in [0.717, 1.165) is 42.6 Å². The molecule has 160 valence electrons. The molecule has 0 aliphatic heterocycles. The summed E-state index contributed by atoms with van der Waals surface area (Å²) in [4.78, 5) is 4.41. The Balaban J connectivity index is 0.00000300. The summed E-state index contributed by atoms with van der Waals surface area (Å²) in [5, 5.41) is 11.6. The molecule has 1 heterocycles. The molecule has 7 heteroatoms. The Morgan fingerprint density at radius 1 is 1.24 bits per heavy atom. The average Bonchev–Trinajstić information content (AvgIpc) is 3.01. The van der Waals surface area contributed by atoms with E-state index in [0.29, 0.717) is 12.0 Å². The first-order valence-corrected chi connectivity index (χ1v) is 10.1. The van der Waals surface area contributed by atoms with Crippen LogP contribution in [0.25, 0.3) is 5.69 Å². The van der Waals surface area contributed by atoms with E-state index in [9.17, 15) is 0 Å². The van der Waals surface area contributed by atoms with E-state index in [2.05, 4.69) is 58.0 Å². The number of methoxy groups -OCH3 is 1. The first-order valence-electron chi connectivity index (χ1n) is 10.1. The van der Waals surface area contributed by atoms with Crippen molar-refractivity contribution >= 4 is 29.9 Å². The molecule has 0 bridgehead atoms. The molecule has 1 saturated carbocycles. The quantitative estimate of drug-likeness (QED) is 0.320. The fourth-order valence-corrected chi connectivity index (χ4v) is 3.92. The number of para-hydroxylation sites is 1. The smallest absolute Gasteiger partial charge is 0.191 e. The number of nitrogens with one attached hydrogen (secondary N) is 2. The van der Waals surface area contributed by atoms with Crippen molar-refractivity contribution in [3.8, 4) is 5.69 Å². The van der Waals surface area contributed by atoms with Gasteiger partial charge in [-0.1, -0.05) is 24.6 Å². The Hall–Kier alpha value is -1.61. The van der Waals surface area contributed by atoms with Gasteiger partial charge in [-0.25, -0.2) is 4.68 Å². The fraction of sp³-hybridized carbons (Fsp3) is 0.545. The Morgan fingerprint density at radius 2 is 2.00 bits per heavy atom. The summed E-state index contributed by atoms with van der Waals surface area (Å²) < 4.78 is 7.31. The molecule has 0 unspecified atom stereocenters. The van der Waals surface area contributed by atoms with Crippen molar-refractivity contribution in [2.24, 2.45) is 10.4 Å². The van der Waals surface area contributed by atoms with Crippen LogP contribution >= 0.6 is 24.0 Å². The van der Waals surface area contributed by atoms with Crippen LogP contribution in [-0.2, 0) is 11.3 Å². The first kappa shape index (κ1) is 23.7. The third kappa shape index (κ3) is 5.94. The molecule has 0 radical (unpaired) electrons. The highest BCUT2D eigenvalue weighted by atomic mass is 127. The Labute approximate surface area is 191 Å². The second kappa shape index (κ2) is 11.0. The molecule has 1 aromatic carbocycles. The van der Waals surface area contributed by atoms with Gasteiger partial charge < -0.3 is 15.4 Å². The summed E-state index contributed by atoms with van der Waals surface area (Å²) in [6.07, 6.45) is 4.95.